The third kappa shape index (κ3) is 5.62. The number of rotatable bonds is 10. The summed E-state index contributed by atoms with van der Waals surface area (Å²) >= 11 is 6.26. The first-order chi connectivity index (χ1) is 17.5. The predicted octanol–water partition coefficient (Wildman–Crippen LogP) is 4.74. The number of carbonyl (C=O) groups excluding carboxylic acids is 1. The molecule has 1 saturated heterocycles. The predicted molar refractivity (Wildman–Crippen MR) is 144 cm³/mol. The van der Waals surface area contributed by atoms with Gasteiger partial charge in [-0.2, -0.15) is 0 Å². The van der Waals surface area contributed by atoms with Crippen molar-refractivity contribution >= 4 is 23.8 Å². The van der Waals surface area contributed by atoms with Gasteiger partial charge in [0.25, 0.3) is 0 Å². The van der Waals surface area contributed by atoms with Crippen LogP contribution in [0.25, 0.3) is 0 Å². The van der Waals surface area contributed by atoms with Crippen molar-refractivity contribution in [1.82, 2.24) is 15.1 Å². The zero-order valence-electron chi connectivity index (χ0n) is 21.6. The summed E-state index contributed by atoms with van der Waals surface area (Å²) in [6, 6.07) is 13.9. The Morgan fingerprint density at radius 2 is 2.00 bits per heavy atom. The Kier molecular flexibility index (Phi) is 8.75. The van der Waals surface area contributed by atoms with Gasteiger partial charge < -0.3 is 24.6 Å². The van der Waals surface area contributed by atoms with Crippen LogP contribution in [0.2, 0.25) is 5.02 Å². The van der Waals surface area contributed by atoms with E-state index >= 15 is 0 Å². The maximum atomic E-state index is 12.2. The molecule has 2 heterocycles. The van der Waals surface area contributed by atoms with E-state index in [0.29, 0.717) is 30.6 Å². The van der Waals surface area contributed by atoms with Gasteiger partial charge in [0.15, 0.2) is 0 Å². The molecule has 0 aliphatic carbocycles. The number of ether oxygens (including phenoxy) is 2. The molecule has 8 heteroatoms. The molecule has 3 unspecified atom stereocenters. The molecule has 3 atom stereocenters. The van der Waals surface area contributed by atoms with Crippen LogP contribution in [0.15, 0.2) is 47.5 Å². The summed E-state index contributed by atoms with van der Waals surface area (Å²) in [7, 11) is 1.65. The average molecular weight is 513 g/mol. The first-order valence-electron chi connectivity index (χ1n) is 12.8. The second kappa shape index (κ2) is 12.0. The van der Waals surface area contributed by atoms with E-state index in [0.717, 1.165) is 54.3 Å². The zero-order valence-corrected chi connectivity index (χ0v) is 22.4. The van der Waals surface area contributed by atoms with Crippen LogP contribution in [-0.2, 0) is 4.79 Å². The summed E-state index contributed by atoms with van der Waals surface area (Å²) in [5.74, 6) is 2.86. The lowest BCUT2D eigenvalue weighted by atomic mass is 9.93. The lowest BCUT2D eigenvalue weighted by Crippen LogP contribution is -2.60. The largest absolute Gasteiger partial charge is 0.497 e. The van der Waals surface area contributed by atoms with Gasteiger partial charge in [-0.25, -0.2) is 0 Å². The molecule has 2 aromatic rings. The summed E-state index contributed by atoms with van der Waals surface area (Å²) in [4.78, 5) is 21.7. The van der Waals surface area contributed by atoms with Crippen LogP contribution < -0.4 is 14.8 Å². The first-order valence-corrected chi connectivity index (χ1v) is 13.2. The van der Waals surface area contributed by atoms with Gasteiger partial charge in [0.2, 0.25) is 6.41 Å². The SMILES string of the molecule is CCOc1cc(OC)ccc1C1=NC(CCC(C)C)C(c2ccc(Cl)cc2)N1C1CNCCN1C=O. The quantitative estimate of drug-likeness (QED) is 0.466. The van der Waals surface area contributed by atoms with Crippen molar-refractivity contribution in [1.29, 1.82) is 0 Å². The van der Waals surface area contributed by atoms with Crippen molar-refractivity contribution in [3.8, 4) is 11.5 Å². The molecule has 0 radical (unpaired) electrons. The second-order valence-electron chi connectivity index (χ2n) is 9.72. The molecule has 4 rings (SSSR count). The van der Waals surface area contributed by atoms with Gasteiger partial charge in [-0.1, -0.05) is 37.6 Å². The lowest BCUT2D eigenvalue weighted by molar-refractivity contribution is -0.124. The minimum Gasteiger partial charge on any atom is -0.497 e. The number of nitrogens with one attached hydrogen (secondary N) is 1. The van der Waals surface area contributed by atoms with E-state index in [-0.39, 0.29) is 18.2 Å². The monoisotopic (exact) mass is 512 g/mol. The Bertz CT molecular complexity index is 1060. The molecule has 0 spiro atoms. The van der Waals surface area contributed by atoms with Crippen molar-refractivity contribution in [2.45, 2.75) is 51.9 Å². The number of piperazine rings is 1. The standard InChI is InChI=1S/C28H37ClN4O3/c1-5-36-25-16-22(35-4)11-12-23(25)28-31-24(13-6-19(2)3)27(20-7-9-21(29)10-8-20)33(28)26-17-30-14-15-32(26)18-34/h7-12,16,18-19,24,26-27,30H,5-6,13-15,17H2,1-4H3. The van der Waals surface area contributed by atoms with Gasteiger partial charge in [-0.3, -0.25) is 9.79 Å². The highest BCUT2D eigenvalue weighted by Gasteiger charge is 2.44. The van der Waals surface area contributed by atoms with E-state index in [9.17, 15) is 4.79 Å². The number of hydrogen-bond donors (Lipinski definition) is 1. The van der Waals surface area contributed by atoms with Gasteiger partial charge in [-0.15, -0.1) is 0 Å². The summed E-state index contributed by atoms with van der Waals surface area (Å²) < 4.78 is 11.5. The average Bonchev–Trinajstić information content (AvgIpc) is 3.27. The van der Waals surface area contributed by atoms with Crippen LogP contribution in [0.5, 0.6) is 11.5 Å². The highest BCUT2D eigenvalue weighted by atomic mass is 35.5. The second-order valence-corrected chi connectivity index (χ2v) is 10.2. The topological polar surface area (TPSA) is 66.4 Å². The van der Waals surface area contributed by atoms with Crippen molar-refractivity contribution in [2.75, 3.05) is 33.4 Å². The number of hydrogen-bond acceptors (Lipinski definition) is 6. The van der Waals surface area contributed by atoms with Gasteiger partial charge in [0, 0.05) is 30.7 Å². The van der Waals surface area contributed by atoms with Crippen molar-refractivity contribution in [3.63, 3.8) is 0 Å². The number of aliphatic imine (C=N–C) groups is 1. The van der Waals surface area contributed by atoms with Crippen LogP contribution in [-0.4, -0.2) is 67.6 Å². The zero-order chi connectivity index (χ0) is 25.7. The number of halogens is 1. The van der Waals surface area contributed by atoms with Crippen molar-refractivity contribution in [3.05, 3.63) is 58.6 Å². The van der Waals surface area contributed by atoms with Gasteiger partial charge in [-0.05, 0) is 55.5 Å². The van der Waals surface area contributed by atoms with E-state index in [2.05, 4.69) is 36.2 Å². The maximum Gasteiger partial charge on any atom is 0.211 e. The van der Waals surface area contributed by atoms with E-state index in [1.54, 1.807) is 7.11 Å². The van der Waals surface area contributed by atoms with Gasteiger partial charge >= 0.3 is 0 Å². The molecular weight excluding hydrogens is 476 g/mol. The molecule has 1 amide bonds. The smallest absolute Gasteiger partial charge is 0.211 e. The molecule has 194 valence electrons. The molecule has 2 aliphatic rings. The number of amides is 1. The van der Waals surface area contributed by atoms with Crippen LogP contribution in [0, 0.1) is 5.92 Å². The van der Waals surface area contributed by atoms with E-state index < -0.39 is 0 Å². The fourth-order valence-electron chi connectivity index (χ4n) is 5.09. The molecule has 2 aromatic carbocycles. The van der Waals surface area contributed by atoms with Crippen molar-refractivity contribution < 1.29 is 14.3 Å². The molecular formula is C28H37ClN4O3. The number of nitrogens with zero attached hydrogens (tertiary/aromatic N) is 3. The number of methoxy groups -OCH3 is 1. The highest BCUT2D eigenvalue weighted by Crippen LogP contribution is 2.41. The van der Waals surface area contributed by atoms with E-state index in [1.807, 2.05) is 42.2 Å². The van der Waals surface area contributed by atoms with E-state index in [4.69, 9.17) is 26.1 Å². The number of carbonyl (C=O) groups is 1. The normalized spacial score (nSPS) is 22.1. The van der Waals surface area contributed by atoms with Crippen LogP contribution in [0.4, 0.5) is 0 Å². The summed E-state index contributed by atoms with van der Waals surface area (Å²) in [6.07, 6.45) is 2.77. The summed E-state index contributed by atoms with van der Waals surface area (Å²) in [5, 5.41) is 4.18. The van der Waals surface area contributed by atoms with Gasteiger partial charge in [0.1, 0.15) is 23.5 Å². The Hall–Kier alpha value is -2.77. The molecule has 2 aliphatic heterocycles. The van der Waals surface area contributed by atoms with Crippen LogP contribution in [0.3, 0.4) is 0 Å². The molecule has 0 bridgehead atoms. The third-order valence-corrected chi connectivity index (χ3v) is 7.14. The molecule has 1 N–H and O–H groups in total. The van der Waals surface area contributed by atoms with Gasteiger partial charge in [0.05, 0.1) is 31.4 Å². The molecule has 1 fully saturated rings. The molecule has 0 aromatic heterocycles. The first kappa shape index (κ1) is 26.3. The van der Waals surface area contributed by atoms with E-state index in [1.165, 1.54) is 0 Å². The Labute approximate surface area is 219 Å². The highest BCUT2D eigenvalue weighted by molar-refractivity contribution is 6.30. The summed E-state index contributed by atoms with van der Waals surface area (Å²) in [6.45, 7) is 9.04. The molecule has 7 nitrogen and oxygen atoms in total. The fraction of sp³-hybridized carbons (Fsp3) is 0.500. The minimum atomic E-state index is -0.184. The number of amidine groups is 1. The molecule has 0 saturated carbocycles. The fourth-order valence-corrected chi connectivity index (χ4v) is 5.22. The third-order valence-electron chi connectivity index (χ3n) is 6.89. The number of benzene rings is 2. The van der Waals surface area contributed by atoms with Crippen LogP contribution >= 0.6 is 11.6 Å². The lowest BCUT2D eigenvalue weighted by Gasteiger charge is -2.44. The van der Waals surface area contributed by atoms with Crippen molar-refractivity contribution in [2.24, 2.45) is 10.9 Å². The Balaban J connectivity index is 1.87. The minimum absolute atomic E-state index is 0.0237. The molecule has 36 heavy (non-hydrogen) atoms. The summed E-state index contributed by atoms with van der Waals surface area (Å²) in [5.41, 5.74) is 2.04. The maximum absolute atomic E-state index is 12.2. The Morgan fingerprint density at radius 1 is 1.22 bits per heavy atom. The van der Waals surface area contributed by atoms with Crippen LogP contribution in [0.1, 0.15) is 50.8 Å². The Morgan fingerprint density at radius 3 is 2.67 bits per heavy atom.